The molecule has 96 valence electrons. The Labute approximate surface area is 103 Å². The van der Waals surface area contributed by atoms with Crippen LogP contribution in [0, 0.1) is 11.3 Å². The molecule has 0 aromatic rings. The fourth-order valence-corrected chi connectivity index (χ4v) is 4.66. The van der Waals surface area contributed by atoms with Crippen molar-refractivity contribution in [1.29, 1.82) is 5.26 Å². The van der Waals surface area contributed by atoms with E-state index in [0.717, 1.165) is 25.7 Å². The Morgan fingerprint density at radius 3 is 2.24 bits per heavy atom. The first kappa shape index (κ1) is 12.8. The fourth-order valence-electron chi connectivity index (χ4n) is 2.64. The number of sulfonamides is 1. The third-order valence-electron chi connectivity index (χ3n) is 3.71. The lowest BCUT2D eigenvalue weighted by Gasteiger charge is -2.34. The van der Waals surface area contributed by atoms with Gasteiger partial charge in [-0.25, -0.2) is 8.42 Å². The second kappa shape index (κ2) is 5.34. The first-order valence-corrected chi connectivity index (χ1v) is 7.73. The lowest BCUT2D eigenvalue weighted by molar-refractivity contribution is 0.205. The summed E-state index contributed by atoms with van der Waals surface area (Å²) in [5.74, 6) is 0. The van der Waals surface area contributed by atoms with E-state index < -0.39 is 10.0 Å². The molecule has 0 spiro atoms. The number of nitriles is 1. The van der Waals surface area contributed by atoms with Crippen LogP contribution in [0.5, 0.6) is 0 Å². The summed E-state index contributed by atoms with van der Waals surface area (Å²) < 4.78 is 26.2. The van der Waals surface area contributed by atoms with E-state index in [9.17, 15) is 8.42 Å². The average Bonchev–Trinajstić information content (AvgIpc) is 2.84. The minimum atomic E-state index is -3.08. The van der Waals surface area contributed by atoms with Gasteiger partial charge in [-0.1, -0.05) is 12.8 Å². The van der Waals surface area contributed by atoms with Crippen LogP contribution in [0.2, 0.25) is 0 Å². The van der Waals surface area contributed by atoms with E-state index in [-0.39, 0.29) is 5.25 Å². The summed E-state index contributed by atoms with van der Waals surface area (Å²) in [6.07, 6.45) is 3.72. The summed E-state index contributed by atoms with van der Waals surface area (Å²) in [6, 6.07) is 2.10. The number of piperazine rings is 1. The molecule has 1 saturated heterocycles. The monoisotopic (exact) mass is 257 g/mol. The molecular formula is C11H19N3O2S. The normalized spacial score (nSPS) is 24.9. The highest BCUT2D eigenvalue weighted by molar-refractivity contribution is 7.89. The highest BCUT2D eigenvalue weighted by Crippen LogP contribution is 2.27. The SMILES string of the molecule is N#CCN1CCN(S(=O)(=O)C2CCCC2)CC1. The van der Waals surface area contributed by atoms with Gasteiger partial charge in [0.1, 0.15) is 0 Å². The molecule has 0 aromatic carbocycles. The van der Waals surface area contributed by atoms with Crippen LogP contribution >= 0.6 is 0 Å². The van der Waals surface area contributed by atoms with Crippen LogP contribution < -0.4 is 0 Å². The molecule has 5 nitrogen and oxygen atoms in total. The molecule has 0 bridgehead atoms. The lowest BCUT2D eigenvalue weighted by Crippen LogP contribution is -2.50. The van der Waals surface area contributed by atoms with E-state index in [0.29, 0.717) is 32.7 Å². The molecule has 2 rings (SSSR count). The molecule has 1 heterocycles. The van der Waals surface area contributed by atoms with Crippen molar-refractivity contribution >= 4 is 10.0 Å². The summed E-state index contributed by atoms with van der Waals surface area (Å²) in [5.41, 5.74) is 0. The summed E-state index contributed by atoms with van der Waals surface area (Å²) in [4.78, 5) is 2.00. The van der Waals surface area contributed by atoms with Gasteiger partial charge in [0.25, 0.3) is 0 Å². The zero-order chi connectivity index (χ0) is 12.3. The van der Waals surface area contributed by atoms with Crippen LogP contribution in [-0.2, 0) is 10.0 Å². The smallest absolute Gasteiger partial charge is 0.217 e. The Morgan fingerprint density at radius 2 is 1.71 bits per heavy atom. The van der Waals surface area contributed by atoms with Gasteiger partial charge in [-0.3, -0.25) is 4.90 Å². The molecule has 0 aromatic heterocycles. The van der Waals surface area contributed by atoms with E-state index in [4.69, 9.17) is 5.26 Å². The van der Waals surface area contributed by atoms with E-state index >= 15 is 0 Å². The van der Waals surface area contributed by atoms with Crippen LogP contribution in [0.1, 0.15) is 25.7 Å². The van der Waals surface area contributed by atoms with Crippen molar-refractivity contribution in [3.63, 3.8) is 0 Å². The molecule has 6 heteroatoms. The largest absolute Gasteiger partial charge is 0.288 e. The quantitative estimate of drug-likeness (QED) is 0.687. The Kier molecular flexibility index (Phi) is 4.02. The summed E-state index contributed by atoms with van der Waals surface area (Å²) >= 11 is 0. The zero-order valence-electron chi connectivity index (χ0n) is 10.0. The van der Waals surface area contributed by atoms with Crippen molar-refractivity contribution in [2.45, 2.75) is 30.9 Å². The molecule has 2 aliphatic rings. The third-order valence-corrected chi connectivity index (χ3v) is 6.11. The molecule has 0 radical (unpaired) electrons. The average molecular weight is 257 g/mol. The number of hydrogen-bond donors (Lipinski definition) is 0. The van der Waals surface area contributed by atoms with Crippen molar-refractivity contribution in [3.8, 4) is 6.07 Å². The minimum Gasteiger partial charge on any atom is -0.288 e. The maximum absolute atomic E-state index is 12.3. The Hall–Kier alpha value is -0.640. The molecule has 1 aliphatic carbocycles. The van der Waals surface area contributed by atoms with Gasteiger partial charge >= 0.3 is 0 Å². The maximum Gasteiger partial charge on any atom is 0.217 e. The number of hydrogen-bond acceptors (Lipinski definition) is 4. The molecule has 2 fully saturated rings. The fraction of sp³-hybridized carbons (Fsp3) is 0.909. The number of rotatable bonds is 3. The molecule has 17 heavy (non-hydrogen) atoms. The van der Waals surface area contributed by atoms with Gasteiger partial charge in [0.2, 0.25) is 10.0 Å². The van der Waals surface area contributed by atoms with Gasteiger partial charge in [-0.05, 0) is 12.8 Å². The lowest BCUT2D eigenvalue weighted by atomic mass is 10.4. The standard InChI is InChI=1S/C11H19N3O2S/c12-5-6-13-7-9-14(10-8-13)17(15,16)11-3-1-2-4-11/h11H,1-4,6-10H2. The van der Waals surface area contributed by atoms with E-state index in [1.807, 2.05) is 4.90 Å². The minimum absolute atomic E-state index is 0.148. The zero-order valence-corrected chi connectivity index (χ0v) is 10.8. The molecule has 0 amide bonds. The Bertz CT molecular complexity index is 387. The van der Waals surface area contributed by atoms with Crippen LogP contribution in [0.25, 0.3) is 0 Å². The predicted octanol–water partition coefficient (Wildman–Crippen LogP) is 0.400. The third kappa shape index (κ3) is 2.79. The van der Waals surface area contributed by atoms with E-state index in [2.05, 4.69) is 6.07 Å². The highest BCUT2D eigenvalue weighted by atomic mass is 32.2. The molecule has 0 unspecified atom stereocenters. The second-order valence-corrected chi connectivity index (χ2v) is 7.00. The van der Waals surface area contributed by atoms with Crippen molar-refractivity contribution in [2.24, 2.45) is 0 Å². The predicted molar refractivity (Wildman–Crippen MR) is 64.8 cm³/mol. The first-order valence-electron chi connectivity index (χ1n) is 6.23. The summed E-state index contributed by atoms with van der Waals surface area (Å²) in [5, 5.41) is 8.45. The van der Waals surface area contributed by atoms with Gasteiger partial charge in [0.15, 0.2) is 0 Å². The van der Waals surface area contributed by atoms with Crippen LogP contribution in [0.15, 0.2) is 0 Å². The van der Waals surface area contributed by atoms with Crippen molar-refractivity contribution < 1.29 is 8.42 Å². The second-order valence-electron chi connectivity index (χ2n) is 4.78. The topological polar surface area (TPSA) is 64.4 Å². The van der Waals surface area contributed by atoms with Crippen molar-refractivity contribution in [1.82, 2.24) is 9.21 Å². The number of nitrogens with zero attached hydrogens (tertiary/aromatic N) is 3. The van der Waals surface area contributed by atoms with Crippen LogP contribution in [0.4, 0.5) is 0 Å². The molecule has 0 N–H and O–H groups in total. The van der Waals surface area contributed by atoms with Crippen LogP contribution in [0.3, 0.4) is 0 Å². The van der Waals surface area contributed by atoms with Crippen LogP contribution in [-0.4, -0.2) is 55.6 Å². The van der Waals surface area contributed by atoms with E-state index in [1.54, 1.807) is 4.31 Å². The van der Waals surface area contributed by atoms with E-state index in [1.165, 1.54) is 0 Å². The maximum atomic E-state index is 12.3. The Morgan fingerprint density at radius 1 is 1.12 bits per heavy atom. The van der Waals surface area contributed by atoms with Gasteiger partial charge in [0.05, 0.1) is 17.9 Å². The van der Waals surface area contributed by atoms with Gasteiger partial charge < -0.3 is 0 Å². The van der Waals surface area contributed by atoms with Crippen molar-refractivity contribution in [3.05, 3.63) is 0 Å². The molecular weight excluding hydrogens is 238 g/mol. The first-order chi connectivity index (χ1) is 8.14. The molecule has 0 atom stereocenters. The van der Waals surface area contributed by atoms with Gasteiger partial charge in [-0.2, -0.15) is 9.57 Å². The van der Waals surface area contributed by atoms with Gasteiger partial charge in [0, 0.05) is 26.2 Å². The van der Waals surface area contributed by atoms with Crippen molar-refractivity contribution in [2.75, 3.05) is 32.7 Å². The molecule has 1 saturated carbocycles. The van der Waals surface area contributed by atoms with Gasteiger partial charge in [-0.15, -0.1) is 0 Å². The highest BCUT2D eigenvalue weighted by Gasteiger charge is 2.35. The molecule has 1 aliphatic heterocycles. The Balaban J connectivity index is 1.94. The summed E-state index contributed by atoms with van der Waals surface area (Å²) in [7, 11) is -3.08. The summed E-state index contributed by atoms with van der Waals surface area (Å²) in [6.45, 7) is 2.84.